The van der Waals surface area contributed by atoms with Gasteiger partial charge in [0.15, 0.2) is 5.43 Å². The summed E-state index contributed by atoms with van der Waals surface area (Å²) in [5.74, 6) is 0. The van der Waals surface area contributed by atoms with Gasteiger partial charge in [0.1, 0.15) is 0 Å². The van der Waals surface area contributed by atoms with Gasteiger partial charge in [0, 0.05) is 20.2 Å². The number of benzene rings is 2. The average Bonchev–Trinajstić information content (AvgIpc) is 2.38. The van der Waals surface area contributed by atoms with Crippen LogP contribution < -0.4 is 10.9 Å². The van der Waals surface area contributed by atoms with E-state index in [0.717, 1.165) is 9.40 Å². The molecule has 0 fully saturated rings. The van der Waals surface area contributed by atoms with Crippen LogP contribution in [0.5, 0.6) is 0 Å². The number of rotatable bonds is 1. The molecule has 0 unspecified atom stereocenters. The summed E-state index contributed by atoms with van der Waals surface area (Å²) in [6.07, 6.45) is 0. The first-order valence-corrected chi connectivity index (χ1v) is 6.30. The monoisotopic (exact) mass is 256 g/mol. The van der Waals surface area contributed by atoms with Crippen LogP contribution in [0, 0.1) is 0 Å². The van der Waals surface area contributed by atoms with Crippen LogP contribution in [0.2, 0.25) is 0 Å². The second kappa shape index (κ2) is 4.21. The Morgan fingerprint density at radius 1 is 0.944 bits per heavy atom. The van der Waals surface area contributed by atoms with Crippen molar-refractivity contribution >= 4 is 44.1 Å². The molecular weight excluding hydrogens is 247 g/mol. The van der Waals surface area contributed by atoms with Gasteiger partial charge in [-0.05, 0) is 29.7 Å². The minimum absolute atomic E-state index is 0.0154. The van der Waals surface area contributed by atoms with Gasteiger partial charge in [-0.25, -0.2) is 0 Å². The van der Waals surface area contributed by atoms with Crippen LogP contribution in [0.25, 0.3) is 20.2 Å². The van der Waals surface area contributed by atoms with Gasteiger partial charge in [0.25, 0.3) is 0 Å². The topological polar surface area (TPSA) is 57.5 Å². The summed E-state index contributed by atoms with van der Waals surface area (Å²) in [5.41, 5.74) is 0.381. The van der Waals surface area contributed by atoms with Crippen molar-refractivity contribution in [2.75, 3.05) is 0 Å². The van der Waals surface area contributed by atoms with Gasteiger partial charge in [-0.1, -0.05) is 18.2 Å². The van der Waals surface area contributed by atoms with E-state index < -0.39 is 7.12 Å². The molecule has 0 aliphatic rings. The molecule has 0 saturated heterocycles. The maximum Gasteiger partial charge on any atom is 0.488 e. The first-order chi connectivity index (χ1) is 8.66. The molecule has 1 aromatic heterocycles. The summed E-state index contributed by atoms with van der Waals surface area (Å²) in [5, 5.41) is 19.6. The van der Waals surface area contributed by atoms with E-state index in [9.17, 15) is 4.79 Å². The molecule has 2 N–H and O–H groups in total. The van der Waals surface area contributed by atoms with Crippen molar-refractivity contribution in [3.8, 4) is 0 Å². The van der Waals surface area contributed by atoms with Gasteiger partial charge in [-0.15, -0.1) is 11.3 Å². The molecule has 3 aromatic rings. The lowest BCUT2D eigenvalue weighted by Gasteiger charge is -2.03. The molecule has 0 atom stereocenters. The lowest BCUT2D eigenvalue weighted by molar-refractivity contribution is 0.426. The van der Waals surface area contributed by atoms with E-state index in [1.807, 2.05) is 24.3 Å². The average molecular weight is 256 g/mol. The Morgan fingerprint density at radius 2 is 1.67 bits per heavy atom. The summed E-state index contributed by atoms with van der Waals surface area (Å²) in [4.78, 5) is 12.3. The van der Waals surface area contributed by atoms with E-state index in [-0.39, 0.29) is 5.43 Å². The second-order valence-electron chi connectivity index (χ2n) is 4.06. The summed E-state index contributed by atoms with van der Waals surface area (Å²) < 4.78 is 1.67. The Bertz CT molecular complexity index is 795. The van der Waals surface area contributed by atoms with E-state index in [0.29, 0.717) is 16.2 Å². The lowest BCUT2D eigenvalue weighted by Crippen LogP contribution is -2.29. The second-order valence-corrected chi connectivity index (χ2v) is 5.14. The fourth-order valence-corrected chi connectivity index (χ4v) is 3.10. The molecule has 0 saturated carbocycles. The predicted molar refractivity (Wildman–Crippen MR) is 75.4 cm³/mol. The fraction of sp³-hybridized carbons (Fsp3) is 0. The summed E-state index contributed by atoms with van der Waals surface area (Å²) in [7, 11) is -1.51. The molecular formula is C13H9BO3S. The lowest BCUT2D eigenvalue weighted by atomic mass is 9.80. The SMILES string of the molecule is O=c1c2ccccc2sc2cc(B(O)O)ccc12. The highest BCUT2D eigenvalue weighted by Crippen LogP contribution is 2.23. The molecule has 0 aliphatic carbocycles. The van der Waals surface area contributed by atoms with E-state index in [1.165, 1.54) is 11.3 Å². The van der Waals surface area contributed by atoms with Gasteiger partial charge < -0.3 is 10.0 Å². The third kappa shape index (κ3) is 1.73. The minimum Gasteiger partial charge on any atom is -0.423 e. The summed E-state index contributed by atoms with van der Waals surface area (Å²) >= 11 is 1.47. The van der Waals surface area contributed by atoms with Crippen molar-refractivity contribution in [3.63, 3.8) is 0 Å². The Balaban J connectivity index is 2.44. The number of hydrogen-bond acceptors (Lipinski definition) is 4. The quantitative estimate of drug-likeness (QED) is 0.506. The van der Waals surface area contributed by atoms with Crippen LogP contribution in [0.4, 0.5) is 0 Å². The standard InChI is InChI=1S/C13H9BO3S/c15-13-9-3-1-2-4-11(9)18-12-7-8(14(16)17)5-6-10(12)13/h1-7,16-17H. The fourth-order valence-electron chi connectivity index (χ4n) is 1.98. The molecule has 3 nitrogen and oxygen atoms in total. The van der Waals surface area contributed by atoms with E-state index >= 15 is 0 Å². The van der Waals surface area contributed by atoms with E-state index in [1.54, 1.807) is 18.2 Å². The zero-order valence-corrected chi connectivity index (χ0v) is 10.1. The molecule has 0 amide bonds. The Morgan fingerprint density at radius 3 is 2.44 bits per heavy atom. The largest absolute Gasteiger partial charge is 0.488 e. The Kier molecular flexibility index (Phi) is 2.67. The zero-order valence-electron chi connectivity index (χ0n) is 9.33. The van der Waals surface area contributed by atoms with Crippen LogP contribution in [-0.4, -0.2) is 17.2 Å². The molecule has 88 valence electrons. The number of fused-ring (bicyclic) bond motifs is 2. The Labute approximate surface area is 107 Å². The maximum atomic E-state index is 12.3. The normalized spacial score (nSPS) is 11.0. The summed E-state index contributed by atoms with van der Waals surface area (Å²) in [6.45, 7) is 0. The highest BCUT2D eigenvalue weighted by molar-refractivity contribution is 7.24. The van der Waals surface area contributed by atoms with E-state index in [2.05, 4.69) is 0 Å². The molecule has 0 radical (unpaired) electrons. The highest BCUT2D eigenvalue weighted by atomic mass is 32.1. The van der Waals surface area contributed by atoms with Gasteiger partial charge in [0.2, 0.25) is 0 Å². The third-order valence-electron chi connectivity index (χ3n) is 2.90. The van der Waals surface area contributed by atoms with Crippen molar-refractivity contribution in [1.82, 2.24) is 0 Å². The number of hydrogen-bond donors (Lipinski definition) is 2. The van der Waals surface area contributed by atoms with Crippen molar-refractivity contribution in [1.29, 1.82) is 0 Å². The molecule has 3 rings (SSSR count). The van der Waals surface area contributed by atoms with Crippen molar-refractivity contribution in [2.45, 2.75) is 0 Å². The molecule has 1 heterocycles. The highest BCUT2D eigenvalue weighted by Gasteiger charge is 2.13. The molecule has 0 spiro atoms. The molecule has 0 bridgehead atoms. The van der Waals surface area contributed by atoms with Crippen molar-refractivity contribution in [3.05, 3.63) is 52.7 Å². The smallest absolute Gasteiger partial charge is 0.423 e. The van der Waals surface area contributed by atoms with Gasteiger partial charge >= 0.3 is 7.12 Å². The van der Waals surface area contributed by atoms with Crippen molar-refractivity contribution < 1.29 is 10.0 Å². The first kappa shape index (κ1) is 11.4. The third-order valence-corrected chi connectivity index (χ3v) is 4.03. The van der Waals surface area contributed by atoms with Gasteiger partial charge in [0.05, 0.1) is 0 Å². The van der Waals surface area contributed by atoms with Crippen LogP contribution in [0.15, 0.2) is 47.3 Å². The molecule has 0 aliphatic heterocycles. The van der Waals surface area contributed by atoms with Crippen LogP contribution in [0.3, 0.4) is 0 Å². The molecule has 18 heavy (non-hydrogen) atoms. The summed E-state index contributed by atoms with van der Waals surface area (Å²) in [6, 6.07) is 12.3. The first-order valence-electron chi connectivity index (χ1n) is 5.48. The molecule has 2 aromatic carbocycles. The Hall–Kier alpha value is -1.69. The zero-order chi connectivity index (χ0) is 12.7. The van der Waals surface area contributed by atoms with Crippen molar-refractivity contribution in [2.24, 2.45) is 0 Å². The van der Waals surface area contributed by atoms with Crippen LogP contribution in [0.1, 0.15) is 0 Å². The predicted octanol–water partition coefficient (Wildman–Crippen LogP) is 1.09. The molecule has 5 heteroatoms. The van der Waals surface area contributed by atoms with E-state index in [4.69, 9.17) is 10.0 Å². The minimum atomic E-state index is -1.51. The van der Waals surface area contributed by atoms with Gasteiger partial charge in [-0.2, -0.15) is 0 Å². The maximum absolute atomic E-state index is 12.3. The van der Waals surface area contributed by atoms with Gasteiger partial charge in [-0.3, -0.25) is 4.79 Å². The van der Waals surface area contributed by atoms with Crippen LogP contribution in [-0.2, 0) is 0 Å². The van der Waals surface area contributed by atoms with Crippen LogP contribution >= 0.6 is 11.3 Å².